The Kier molecular flexibility index (Phi) is 6.38. The van der Waals surface area contributed by atoms with Gasteiger partial charge in [-0.2, -0.15) is 9.64 Å². The molecule has 3 aliphatic carbocycles. The van der Waals surface area contributed by atoms with Gasteiger partial charge in [-0.15, -0.1) is 0 Å². The number of aliphatic hydroxyl groups excluding tert-OH is 1. The second-order valence-corrected chi connectivity index (χ2v) is 12.7. The first-order valence-corrected chi connectivity index (χ1v) is 15.0. The van der Waals surface area contributed by atoms with Crippen LogP contribution in [0.3, 0.4) is 0 Å². The molecule has 3 aromatic carbocycles. The molecule has 0 fully saturated rings. The molecule has 0 radical (unpaired) electrons. The van der Waals surface area contributed by atoms with Crippen molar-refractivity contribution in [2.45, 2.75) is 41.6 Å². The number of likely N-dealkylation sites (N-methyl/N-ethyl adjacent to an activating group) is 1. The van der Waals surface area contributed by atoms with Gasteiger partial charge in [-0.1, -0.05) is 48.5 Å². The van der Waals surface area contributed by atoms with Gasteiger partial charge < -0.3 is 10.0 Å². The molecule has 8 nitrogen and oxygen atoms in total. The van der Waals surface area contributed by atoms with Gasteiger partial charge in [-0.3, -0.25) is 4.72 Å². The summed E-state index contributed by atoms with van der Waals surface area (Å²) in [5.41, 5.74) is 5.80. The summed E-state index contributed by atoms with van der Waals surface area (Å²) >= 11 is 0.927. The number of nitrogens with zero attached hydrogens (tertiary/aromatic N) is 4. The van der Waals surface area contributed by atoms with Gasteiger partial charge in [0, 0.05) is 36.5 Å². The second kappa shape index (κ2) is 9.75. The third kappa shape index (κ3) is 4.36. The van der Waals surface area contributed by atoms with Gasteiger partial charge >= 0.3 is 0 Å². The molecule has 0 saturated carbocycles. The van der Waals surface area contributed by atoms with Crippen molar-refractivity contribution in [3.8, 4) is 6.07 Å². The van der Waals surface area contributed by atoms with Crippen molar-refractivity contribution in [2.24, 2.45) is 0 Å². The van der Waals surface area contributed by atoms with Crippen LogP contribution >= 0.6 is 11.5 Å². The zero-order valence-corrected chi connectivity index (χ0v) is 22.9. The van der Waals surface area contributed by atoms with Gasteiger partial charge in [0.25, 0.3) is 10.0 Å². The van der Waals surface area contributed by atoms with Crippen molar-refractivity contribution < 1.29 is 13.5 Å². The Balaban J connectivity index is 1.25. The predicted octanol–water partition coefficient (Wildman–Crippen LogP) is 4.62. The minimum absolute atomic E-state index is 0.0435. The standard InChI is InChI=1S/C29H27N5O3S2/c1-34(27-11-10-21(14-19(27)16-30)39(36,37)33-28-31-18-32-38-28)17-20(35)15-29-13-12-22(23-6-2-4-8-25(23)29)24-7-3-5-9-26(24)29/h2-11,14,18,20,22,35H,12-13,15,17H2,1H3,(H,31,32,33). The lowest BCUT2D eigenvalue weighted by Crippen LogP contribution is -2.44. The van der Waals surface area contributed by atoms with E-state index in [2.05, 4.69) is 68.7 Å². The predicted molar refractivity (Wildman–Crippen MR) is 151 cm³/mol. The number of hydrogen-bond donors (Lipinski definition) is 2. The van der Waals surface area contributed by atoms with Crippen LogP contribution < -0.4 is 9.62 Å². The molecule has 39 heavy (non-hydrogen) atoms. The number of aliphatic hydroxyl groups is 1. The van der Waals surface area contributed by atoms with Crippen molar-refractivity contribution in [3.63, 3.8) is 0 Å². The molecule has 1 atom stereocenters. The maximum Gasteiger partial charge on any atom is 0.263 e. The molecule has 7 rings (SSSR count). The topological polar surface area (TPSA) is 119 Å². The first-order chi connectivity index (χ1) is 18.8. The van der Waals surface area contributed by atoms with Crippen LogP contribution in [0.15, 0.2) is 78.0 Å². The molecule has 2 N–H and O–H groups in total. The van der Waals surface area contributed by atoms with Crippen molar-refractivity contribution in [1.82, 2.24) is 9.36 Å². The molecule has 2 bridgehead atoms. The lowest BCUT2D eigenvalue weighted by atomic mass is 9.53. The Hall–Kier alpha value is -3.78. The molecule has 1 heterocycles. The third-order valence-corrected chi connectivity index (χ3v) is 10.1. The lowest BCUT2D eigenvalue weighted by Gasteiger charge is -2.50. The number of anilines is 2. The highest BCUT2D eigenvalue weighted by atomic mass is 32.2. The lowest BCUT2D eigenvalue weighted by molar-refractivity contribution is 0.135. The van der Waals surface area contributed by atoms with Crippen LogP contribution in [0.5, 0.6) is 0 Å². The summed E-state index contributed by atoms with van der Waals surface area (Å²) in [6.45, 7) is 0.291. The highest BCUT2D eigenvalue weighted by Gasteiger charge is 2.48. The third-order valence-electron chi connectivity index (χ3n) is 8.03. The van der Waals surface area contributed by atoms with E-state index in [0.29, 0.717) is 24.6 Å². The summed E-state index contributed by atoms with van der Waals surface area (Å²) in [7, 11) is -2.12. The monoisotopic (exact) mass is 557 g/mol. The van der Waals surface area contributed by atoms with Gasteiger partial charge in [-0.25, -0.2) is 13.4 Å². The van der Waals surface area contributed by atoms with E-state index in [1.807, 2.05) is 11.9 Å². The number of rotatable bonds is 8. The summed E-state index contributed by atoms with van der Waals surface area (Å²) in [4.78, 5) is 5.63. The first-order valence-electron chi connectivity index (χ1n) is 12.7. The van der Waals surface area contributed by atoms with E-state index >= 15 is 0 Å². The highest BCUT2D eigenvalue weighted by molar-refractivity contribution is 7.93. The van der Waals surface area contributed by atoms with Crippen LogP contribution in [-0.2, 0) is 15.4 Å². The van der Waals surface area contributed by atoms with Gasteiger partial charge in [-0.05, 0) is 59.7 Å². The van der Waals surface area contributed by atoms with Crippen LogP contribution in [0.1, 0.15) is 53.0 Å². The quantitative estimate of drug-likeness (QED) is 0.324. The van der Waals surface area contributed by atoms with Crippen LogP contribution in [0.4, 0.5) is 10.8 Å². The Morgan fingerprint density at radius 3 is 2.49 bits per heavy atom. The smallest absolute Gasteiger partial charge is 0.263 e. The van der Waals surface area contributed by atoms with Gasteiger partial charge in [0.15, 0.2) is 0 Å². The summed E-state index contributed by atoms with van der Waals surface area (Å²) in [5.74, 6) is 0.397. The minimum Gasteiger partial charge on any atom is -0.391 e. The number of fused-ring (bicyclic) bond motifs is 1. The van der Waals surface area contributed by atoms with Gasteiger partial charge in [0.05, 0.1) is 22.3 Å². The van der Waals surface area contributed by atoms with E-state index in [9.17, 15) is 18.8 Å². The van der Waals surface area contributed by atoms with Crippen molar-refractivity contribution in [3.05, 3.63) is 101 Å². The summed E-state index contributed by atoms with van der Waals surface area (Å²) in [5, 5.41) is 21.4. The van der Waals surface area contributed by atoms with Crippen LogP contribution in [0, 0.1) is 11.3 Å². The van der Waals surface area contributed by atoms with Gasteiger partial charge in [0.2, 0.25) is 5.13 Å². The number of sulfonamides is 1. The van der Waals surface area contributed by atoms with Crippen molar-refractivity contribution >= 4 is 32.4 Å². The largest absolute Gasteiger partial charge is 0.391 e. The number of benzene rings is 3. The number of nitriles is 1. The zero-order valence-electron chi connectivity index (χ0n) is 21.3. The van der Waals surface area contributed by atoms with Crippen LogP contribution in [-0.4, -0.2) is 42.6 Å². The molecule has 1 unspecified atom stereocenters. The fourth-order valence-corrected chi connectivity index (χ4v) is 8.14. The number of nitrogens with one attached hydrogen (secondary N) is 1. The Bertz CT molecular complexity index is 1630. The SMILES string of the molecule is CN(CC(O)CC12CCC(c3ccccc31)c1ccccc12)c1ccc(S(=O)(=O)Nc2ncns2)cc1C#N. The molecule has 0 spiro atoms. The van der Waals surface area contributed by atoms with Crippen molar-refractivity contribution in [2.75, 3.05) is 23.2 Å². The molecule has 0 aliphatic heterocycles. The maximum atomic E-state index is 12.8. The zero-order chi connectivity index (χ0) is 27.2. The second-order valence-electron chi connectivity index (χ2n) is 10.2. The summed E-state index contributed by atoms with van der Waals surface area (Å²) in [6.07, 6.45) is 3.17. The van der Waals surface area contributed by atoms with Gasteiger partial charge in [0.1, 0.15) is 12.4 Å². The molecule has 0 saturated heterocycles. The average molecular weight is 558 g/mol. The molecular formula is C29H27N5O3S2. The van der Waals surface area contributed by atoms with E-state index < -0.39 is 16.1 Å². The molecule has 10 heteroatoms. The normalized spacial score (nSPS) is 20.0. The Labute approximate surface area is 231 Å². The summed E-state index contributed by atoms with van der Waals surface area (Å²) in [6, 6.07) is 23.7. The average Bonchev–Trinajstić information content (AvgIpc) is 3.45. The maximum absolute atomic E-state index is 12.8. The fourth-order valence-electron chi connectivity index (χ4n) is 6.46. The molecule has 4 aromatic rings. The van der Waals surface area contributed by atoms with E-state index in [1.165, 1.54) is 40.7 Å². The Morgan fingerprint density at radius 1 is 1.15 bits per heavy atom. The molecule has 1 aromatic heterocycles. The van der Waals surface area contributed by atoms with E-state index in [0.717, 1.165) is 24.4 Å². The van der Waals surface area contributed by atoms with Crippen molar-refractivity contribution in [1.29, 1.82) is 5.26 Å². The van der Waals surface area contributed by atoms with E-state index in [-0.39, 0.29) is 21.0 Å². The number of hydrogen-bond acceptors (Lipinski definition) is 8. The highest BCUT2D eigenvalue weighted by Crippen LogP contribution is 2.58. The first kappa shape index (κ1) is 25.5. The van der Waals surface area contributed by atoms with E-state index in [1.54, 1.807) is 6.07 Å². The number of aromatic nitrogens is 2. The molecule has 198 valence electrons. The summed E-state index contributed by atoms with van der Waals surface area (Å²) < 4.78 is 31.7. The minimum atomic E-state index is -3.93. The van der Waals surface area contributed by atoms with Crippen LogP contribution in [0.2, 0.25) is 0 Å². The molecule has 0 amide bonds. The van der Waals surface area contributed by atoms with Crippen LogP contribution in [0.25, 0.3) is 0 Å². The Morgan fingerprint density at radius 2 is 1.85 bits per heavy atom. The molecule has 3 aliphatic rings. The molecular weight excluding hydrogens is 530 g/mol. The fraction of sp³-hybridized carbons (Fsp3) is 0.276. The van der Waals surface area contributed by atoms with E-state index in [4.69, 9.17) is 0 Å².